The predicted octanol–water partition coefficient (Wildman–Crippen LogP) is 3.75. The number of anilines is 1. The third-order valence-corrected chi connectivity index (χ3v) is 4.28. The fourth-order valence-corrected chi connectivity index (χ4v) is 3.10. The smallest absolute Gasteiger partial charge is 0.410 e. The molecule has 2 N–H and O–H groups in total. The lowest BCUT2D eigenvalue weighted by Gasteiger charge is -2.40. The molecule has 0 bridgehead atoms. The average molecular weight is 338 g/mol. The van der Waals surface area contributed by atoms with Crippen LogP contribution in [0.15, 0.2) is 36.5 Å². The summed E-state index contributed by atoms with van der Waals surface area (Å²) in [7, 11) is 0. The first-order valence-corrected chi connectivity index (χ1v) is 8.51. The van der Waals surface area contributed by atoms with Crippen LogP contribution in [0.3, 0.4) is 0 Å². The van der Waals surface area contributed by atoms with Gasteiger partial charge in [-0.1, -0.05) is 18.2 Å². The van der Waals surface area contributed by atoms with E-state index in [0.717, 1.165) is 27.6 Å². The number of hydrogen-bond donors (Lipinski definition) is 2. The molecule has 130 valence electrons. The molecule has 0 saturated carbocycles. The van der Waals surface area contributed by atoms with E-state index < -0.39 is 5.60 Å². The highest BCUT2D eigenvalue weighted by Crippen LogP contribution is 2.29. The molecule has 0 radical (unpaired) electrons. The van der Waals surface area contributed by atoms with Gasteiger partial charge >= 0.3 is 6.09 Å². The number of nitrogens with one attached hydrogen (secondary N) is 2. The van der Waals surface area contributed by atoms with Crippen LogP contribution < -0.4 is 5.32 Å². The van der Waals surface area contributed by atoms with Gasteiger partial charge in [0.2, 0.25) is 0 Å². The van der Waals surface area contributed by atoms with Crippen LogP contribution in [0.25, 0.3) is 21.8 Å². The molecule has 2 aromatic heterocycles. The zero-order valence-corrected chi connectivity index (χ0v) is 14.7. The highest BCUT2D eigenvalue weighted by molar-refractivity contribution is 6.08. The Morgan fingerprint density at radius 1 is 1.24 bits per heavy atom. The normalized spacial score (nSPS) is 15.4. The monoisotopic (exact) mass is 338 g/mol. The molecule has 3 aromatic rings. The van der Waals surface area contributed by atoms with E-state index in [2.05, 4.69) is 16.4 Å². The number of pyridine rings is 1. The van der Waals surface area contributed by atoms with Crippen LogP contribution in [-0.4, -0.2) is 45.7 Å². The van der Waals surface area contributed by atoms with Gasteiger partial charge in [-0.3, -0.25) is 0 Å². The number of para-hydroxylation sites is 1. The number of rotatable bonds is 2. The SMILES string of the molecule is CC(C)(C)OC(=O)N1CC(Nc2nc3ccccc3c3[nH]ccc23)C1. The van der Waals surface area contributed by atoms with E-state index >= 15 is 0 Å². The van der Waals surface area contributed by atoms with Gasteiger partial charge in [0.1, 0.15) is 11.4 Å². The van der Waals surface area contributed by atoms with Crippen molar-refractivity contribution < 1.29 is 9.53 Å². The molecule has 1 aliphatic heterocycles. The van der Waals surface area contributed by atoms with Gasteiger partial charge < -0.3 is 19.9 Å². The lowest BCUT2D eigenvalue weighted by molar-refractivity contribution is 0.0105. The highest BCUT2D eigenvalue weighted by Gasteiger charge is 2.34. The molecular formula is C19H22N4O2. The highest BCUT2D eigenvalue weighted by atomic mass is 16.6. The van der Waals surface area contributed by atoms with Gasteiger partial charge in [-0.15, -0.1) is 0 Å². The first-order chi connectivity index (χ1) is 11.9. The number of benzene rings is 1. The Morgan fingerprint density at radius 3 is 2.76 bits per heavy atom. The Kier molecular flexibility index (Phi) is 3.56. The van der Waals surface area contributed by atoms with Crippen molar-refractivity contribution in [3.8, 4) is 0 Å². The molecule has 1 fully saturated rings. The maximum atomic E-state index is 12.0. The third kappa shape index (κ3) is 2.99. The molecule has 4 rings (SSSR count). The topological polar surface area (TPSA) is 70.2 Å². The zero-order chi connectivity index (χ0) is 17.6. The van der Waals surface area contributed by atoms with Gasteiger partial charge in [0.15, 0.2) is 0 Å². The molecule has 1 aromatic carbocycles. The fourth-order valence-electron chi connectivity index (χ4n) is 3.10. The van der Waals surface area contributed by atoms with Crippen molar-refractivity contribution >= 4 is 33.7 Å². The summed E-state index contributed by atoms with van der Waals surface area (Å²) in [5.74, 6) is 0.851. The largest absolute Gasteiger partial charge is 0.444 e. The summed E-state index contributed by atoms with van der Waals surface area (Å²) < 4.78 is 5.39. The van der Waals surface area contributed by atoms with E-state index in [0.29, 0.717) is 13.1 Å². The van der Waals surface area contributed by atoms with Gasteiger partial charge in [0.25, 0.3) is 0 Å². The van der Waals surface area contributed by atoms with Crippen LogP contribution >= 0.6 is 0 Å². The molecule has 0 unspecified atom stereocenters. The summed E-state index contributed by atoms with van der Waals surface area (Å²) in [6, 6.07) is 10.3. The van der Waals surface area contributed by atoms with Crippen LogP contribution in [0.4, 0.5) is 10.6 Å². The summed E-state index contributed by atoms with van der Waals surface area (Å²) in [6.45, 7) is 6.87. The second kappa shape index (κ2) is 5.65. The van der Waals surface area contributed by atoms with Crippen LogP contribution in [0.1, 0.15) is 20.8 Å². The number of aromatic amines is 1. The fraction of sp³-hybridized carbons (Fsp3) is 0.368. The van der Waals surface area contributed by atoms with Crippen molar-refractivity contribution in [3.05, 3.63) is 36.5 Å². The van der Waals surface area contributed by atoms with E-state index in [1.165, 1.54) is 0 Å². The lowest BCUT2D eigenvalue weighted by Crippen LogP contribution is -2.58. The second-order valence-electron chi connectivity index (χ2n) is 7.47. The Balaban J connectivity index is 1.51. The maximum Gasteiger partial charge on any atom is 0.410 e. The standard InChI is InChI=1S/C19H22N4O2/c1-19(2,3)25-18(24)23-10-12(11-23)21-17-14-8-9-20-16(14)13-6-4-5-7-15(13)22-17/h4-9,12,20H,10-11H2,1-3H3,(H,21,22). The number of ether oxygens (including phenoxy) is 1. The van der Waals surface area contributed by atoms with Crippen molar-refractivity contribution in [1.82, 2.24) is 14.9 Å². The Morgan fingerprint density at radius 2 is 2.00 bits per heavy atom. The number of carbonyl (C=O) groups excluding carboxylic acids is 1. The minimum Gasteiger partial charge on any atom is -0.444 e. The van der Waals surface area contributed by atoms with Gasteiger partial charge in [-0.2, -0.15) is 0 Å². The Hall–Kier alpha value is -2.76. The van der Waals surface area contributed by atoms with Crippen LogP contribution in [-0.2, 0) is 4.74 Å². The quantitative estimate of drug-likeness (QED) is 0.747. The predicted molar refractivity (Wildman–Crippen MR) is 98.8 cm³/mol. The number of amides is 1. The zero-order valence-electron chi connectivity index (χ0n) is 14.7. The summed E-state index contributed by atoms with van der Waals surface area (Å²) in [4.78, 5) is 21.8. The van der Waals surface area contributed by atoms with E-state index in [9.17, 15) is 4.79 Å². The number of nitrogens with zero attached hydrogens (tertiary/aromatic N) is 2. The minimum atomic E-state index is -0.465. The number of H-pyrrole nitrogens is 1. The van der Waals surface area contributed by atoms with E-state index in [1.54, 1.807) is 4.90 Å². The molecule has 6 heteroatoms. The van der Waals surface area contributed by atoms with Crippen molar-refractivity contribution in [1.29, 1.82) is 0 Å². The van der Waals surface area contributed by atoms with Crippen molar-refractivity contribution in [2.24, 2.45) is 0 Å². The van der Waals surface area contributed by atoms with Gasteiger partial charge in [-0.05, 0) is 32.9 Å². The van der Waals surface area contributed by atoms with Crippen LogP contribution in [0.2, 0.25) is 0 Å². The van der Waals surface area contributed by atoms with Gasteiger partial charge in [-0.25, -0.2) is 9.78 Å². The summed E-state index contributed by atoms with van der Waals surface area (Å²) in [5, 5.41) is 5.64. The molecule has 6 nitrogen and oxygen atoms in total. The van der Waals surface area contributed by atoms with Crippen LogP contribution in [0.5, 0.6) is 0 Å². The van der Waals surface area contributed by atoms with Crippen molar-refractivity contribution in [3.63, 3.8) is 0 Å². The number of carbonyl (C=O) groups is 1. The minimum absolute atomic E-state index is 0.180. The summed E-state index contributed by atoms with van der Waals surface area (Å²) in [6.07, 6.45) is 1.67. The molecule has 3 heterocycles. The molecular weight excluding hydrogens is 316 g/mol. The molecule has 25 heavy (non-hydrogen) atoms. The van der Waals surface area contributed by atoms with Crippen LogP contribution in [0, 0.1) is 0 Å². The summed E-state index contributed by atoms with van der Waals surface area (Å²) in [5.41, 5.74) is 1.56. The third-order valence-electron chi connectivity index (χ3n) is 4.28. The maximum absolute atomic E-state index is 12.0. The van der Waals surface area contributed by atoms with Gasteiger partial charge in [0, 0.05) is 30.1 Å². The lowest BCUT2D eigenvalue weighted by atomic mass is 10.1. The Labute approximate surface area is 146 Å². The van der Waals surface area contributed by atoms with Crippen molar-refractivity contribution in [2.75, 3.05) is 18.4 Å². The van der Waals surface area contributed by atoms with E-state index in [1.807, 2.05) is 51.2 Å². The number of likely N-dealkylation sites (tertiary alicyclic amines) is 1. The second-order valence-corrected chi connectivity index (χ2v) is 7.47. The van der Waals surface area contributed by atoms with E-state index in [-0.39, 0.29) is 12.1 Å². The molecule has 0 spiro atoms. The number of aromatic nitrogens is 2. The molecule has 1 amide bonds. The molecule has 1 saturated heterocycles. The first kappa shape index (κ1) is 15.7. The van der Waals surface area contributed by atoms with Crippen molar-refractivity contribution in [2.45, 2.75) is 32.4 Å². The Bertz CT molecular complexity index is 935. The number of hydrogen-bond acceptors (Lipinski definition) is 4. The molecule has 1 aliphatic rings. The molecule has 0 aliphatic carbocycles. The average Bonchev–Trinajstić information content (AvgIpc) is 2.98. The number of fused-ring (bicyclic) bond motifs is 3. The molecule has 0 atom stereocenters. The first-order valence-electron chi connectivity index (χ1n) is 8.51. The van der Waals surface area contributed by atoms with E-state index in [4.69, 9.17) is 9.72 Å². The summed E-state index contributed by atoms with van der Waals surface area (Å²) >= 11 is 0. The van der Waals surface area contributed by atoms with Gasteiger partial charge in [0.05, 0.1) is 17.1 Å².